The summed E-state index contributed by atoms with van der Waals surface area (Å²) in [6, 6.07) is 13.8. The third-order valence-electron chi connectivity index (χ3n) is 6.26. The highest BCUT2D eigenvalue weighted by atomic mass is 19.3. The van der Waals surface area contributed by atoms with E-state index in [-0.39, 0.29) is 35.2 Å². The van der Waals surface area contributed by atoms with Gasteiger partial charge >= 0.3 is 0 Å². The highest BCUT2D eigenvalue weighted by Gasteiger charge is 2.38. The van der Waals surface area contributed by atoms with Gasteiger partial charge in [0.05, 0.1) is 6.04 Å². The fourth-order valence-electron chi connectivity index (χ4n) is 4.04. The van der Waals surface area contributed by atoms with Crippen molar-refractivity contribution in [2.75, 3.05) is 6.54 Å². The standard InChI is InChI=1S/C25H28F2N4O3/c1-25(26,27)24(34)30-21(28)15-6-8-16(9-7-15)22(32)29-13-20-12-18-4-2-3-5-19(18)14-31(20)23(33)17-10-11-17/h2-9,17,20,24,34H,10-14H2,1H3,(H2,28,30)(H,29,32). The summed E-state index contributed by atoms with van der Waals surface area (Å²) < 4.78 is 26.2. The molecule has 7 nitrogen and oxygen atoms in total. The third kappa shape index (κ3) is 5.41. The maximum absolute atomic E-state index is 13.1. The van der Waals surface area contributed by atoms with Gasteiger partial charge in [0.15, 0.2) is 6.23 Å². The van der Waals surface area contributed by atoms with Crippen molar-refractivity contribution in [3.63, 3.8) is 0 Å². The molecule has 2 aliphatic rings. The molecular formula is C25H28F2N4O3. The molecule has 0 radical (unpaired) electrons. The summed E-state index contributed by atoms with van der Waals surface area (Å²) in [7, 11) is 0. The number of rotatable bonds is 7. The summed E-state index contributed by atoms with van der Waals surface area (Å²) in [5.41, 5.74) is 2.91. The van der Waals surface area contributed by atoms with Gasteiger partial charge in [-0.05, 0) is 42.5 Å². The maximum Gasteiger partial charge on any atom is 0.288 e. The van der Waals surface area contributed by atoms with Gasteiger partial charge in [-0.3, -0.25) is 15.0 Å². The Labute approximate surface area is 196 Å². The van der Waals surface area contributed by atoms with Gasteiger partial charge in [0.25, 0.3) is 11.8 Å². The molecule has 4 N–H and O–H groups in total. The largest absolute Gasteiger partial charge is 0.368 e. The molecule has 0 bridgehead atoms. The van der Waals surface area contributed by atoms with Crippen molar-refractivity contribution >= 4 is 17.6 Å². The molecule has 1 fully saturated rings. The van der Waals surface area contributed by atoms with Crippen LogP contribution in [-0.4, -0.2) is 52.4 Å². The van der Waals surface area contributed by atoms with E-state index in [2.05, 4.69) is 11.4 Å². The number of alkyl halides is 2. The number of fused-ring (bicyclic) bond motifs is 1. The second kappa shape index (κ2) is 9.50. The molecule has 34 heavy (non-hydrogen) atoms. The lowest BCUT2D eigenvalue weighted by molar-refractivity contribution is -0.136. The summed E-state index contributed by atoms with van der Waals surface area (Å²) in [5, 5.41) is 22.2. The first-order valence-electron chi connectivity index (χ1n) is 11.3. The van der Waals surface area contributed by atoms with Crippen LogP contribution in [0, 0.1) is 11.3 Å². The van der Waals surface area contributed by atoms with Crippen LogP contribution in [0.15, 0.2) is 48.5 Å². The fourth-order valence-corrected chi connectivity index (χ4v) is 4.04. The van der Waals surface area contributed by atoms with Crippen molar-refractivity contribution in [1.29, 1.82) is 5.41 Å². The summed E-state index contributed by atoms with van der Waals surface area (Å²) in [4.78, 5) is 27.5. The van der Waals surface area contributed by atoms with Gasteiger partial charge in [-0.15, -0.1) is 0 Å². The van der Waals surface area contributed by atoms with Gasteiger partial charge in [0.2, 0.25) is 5.91 Å². The summed E-state index contributed by atoms with van der Waals surface area (Å²) >= 11 is 0. The number of amidine groups is 1. The molecule has 1 aliphatic heterocycles. The van der Waals surface area contributed by atoms with Crippen LogP contribution in [-0.2, 0) is 17.8 Å². The quantitative estimate of drug-likeness (QED) is 0.284. The molecule has 2 unspecified atom stereocenters. The van der Waals surface area contributed by atoms with Gasteiger partial charge in [-0.1, -0.05) is 36.4 Å². The first-order chi connectivity index (χ1) is 16.1. The molecule has 2 aromatic carbocycles. The van der Waals surface area contributed by atoms with E-state index in [1.165, 1.54) is 29.8 Å². The van der Waals surface area contributed by atoms with Crippen molar-refractivity contribution < 1.29 is 23.5 Å². The molecular weight excluding hydrogens is 442 g/mol. The van der Waals surface area contributed by atoms with E-state index in [0.717, 1.165) is 18.4 Å². The first-order valence-corrected chi connectivity index (χ1v) is 11.3. The molecule has 1 heterocycles. The minimum atomic E-state index is -3.40. The van der Waals surface area contributed by atoms with E-state index in [0.29, 0.717) is 32.0 Å². The third-order valence-corrected chi connectivity index (χ3v) is 6.26. The zero-order valence-electron chi connectivity index (χ0n) is 18.9. The number of halogens is 2. The Kier molecular flexibility index (Phi) is 6.65. The molecule has 1 saturated carbocycles. The summed E-state index contributed by atoms with van der Waals surface area (Å²) in [6.45, 7) is 1.40. The van der Waals surface area contributed by atoms with E-state index < -0.39 is 12.2 Å². The zero-order valence-corrected chi connectivity index (χ0v) is 18.9. The second-order valence-corrected chi connectivity index (χ2v) is 9.03. The Balaban J connectivity index is 1.38. The van der Waals surface area contributed by atoms with E-state index in [4.69, 9.17) is 5.41 Å². The Bertz CT molecular complexity index is 1080. The van der Waals surface area contributed by atoms with Crippen molar-refractivity contribution in [2.45, 2.75) is 50.9 Å². The van der Waals surface area contributed by atoms with Gasteiger partial charge in [-0.2, -0.15) is 0 Å². The predicted molar refractivity (Wildman–Crippen MR) is 123 cm³/mol. The molecule has 4 rings (SSSR count). The number of nitrogens with one attached hydrogen (secondary N) is 3. The number of nitrogens with zero attached hydrogens (tertiary/aromatic N) is 1. The molecule has 0 spiro atoms. The number of carbonyl (C=O) groups is 2. The Morgan fingerprint density at radius 2 is 1.74 bits per heavy atom. The Hall–Kier alpha value is -3.33. The van der Waals surface area contributed by atoms with Crippen LogP contribution in [0.2, 0.25) is 0 Å². The van der Waals surface area contributed by atoms with Crippen LogP contribution < -0.4 is 10.6 Å². The van der Waals surface area contributed by atoms with Crippen molar-refractivity contribution in [2.24, 2.45) is 5.92 Å². The van der Waals surface area contributed by atoms with E-state index in [1.807, 2.05) is 28.4 Å². The molecule has 180 valence electrons. The minimum absolute atomic E-state index is 0.0890. The van der Waals surface area contributed by atoms with Crippen LogP contribution in [0.25, 0.3) is 0 Å². The lowest BCUT2D eigenvalue weighted by atomic mass is 9.93. The van der Waals surface area contributed by atoms with Gasteiger partial charge in [0, 0.05) is 37.1 Å². The lowest BCUT2D eigenvalue weighted by Gasteiger charge is -2.37. The fraction of sp³-hybridized carbons (Fsp3) is 0.400. The SMILES string of the molecule is CC(F)(F)C(O)NC(=N)c1ccc(C(=O)NCC2Cc3ccccc3CN2C(=O)C2CC2)cc1. The highest BCUT2D eigenvalue weighted by Crippen LogP contribution is 2.34. The van der Waals surface area contributed by atoms with Crippen LogP contribution in [0.1, 0.15) is 46.8 Å². The van der Waals surface area contributed by atoms with E-state index in [1.54, 1.807) is 0 Å². The summed E-state index contributed by atoms with van der Waals surface area (Å²) in [6.07, 6.45) is 0.310. The average molecular weight is 471 g/mol. The van der Waals surface area contributed by atoms with Gasteiger partial charge in [-0.25, -0.2) is 8.78 Å². The molecule has 0 aromatic heterocycles. The van der Waals surface area contributed by atoms with E-state index in [9.17, 15) is 23.5 Å². The normalized spacial score (nSPS) is 18.6. The van der Waals surface area contributed by atoms with Crippen LogP contribution >= 0.6 is 0 Å². The molecule has 2 amide bonds. The molecule has 1 aliphatic carbocycles. The number of aliphatic hydroxyl groups excluding tert-OH is 1. The Morgan fingerprint density at radius 1 is 1.12 bits per heavy atom. The average Bonchev–Trinajstić information content (AvgIpc) is 3.66. The number of benzene rings is 2. The molecule has 9 heteroatoms. The van der Waals surface area contributed by atoms with Crippen LogP contribution in [0.4, 0.5) is 8.78 Å². The topological polar surface area (TPSA) is 106 Å². The van der Waals surface area contributed by atoms with Crippen molar-refractivity contribution in [1.82, 2.24) is 15.5 Å². The van der Waals surface area contributed by atoms with Crippen molar-refractivity contribution in [3.8, 4) is 0 Å². The van der Waals surface area contributed by atoms with Crippen molar-refractivity contribution in [3.05, 3.63) is 70.8 Å². The highest BCUT2D eigenvalue weighted by molar-refractivity contribution is 5.99. The van der Waals surface area contributed by atoms with Crippen LogP contribution in [0.5, 0.6) is 0 Å². The molecule has 2 aromatic rings. The number of aliphatic hydroxyl groups is 1. The molecule has 0 saturated heterocycles. The zero-order chi connectivity index (χ0) is 24.5. The lowest BCUT2D eigenvalue weighted by Crippen LogP contribution is -2.50. The first kappa shape index (κ1) is 23.8. The monoisotopic (exact) mass is 470 g/mol. The number of hydrogen-bond acceptors (Lipinski definition) is 4. The Morgan fingerprint density at radius 3 is 2.35 bits per heavy atom. The summed E-state index contributed by atoms with van der Waals surface area (Å²) in [5.74, 6) is -3.88. The molecule has 2 atom stereocenters. The number of carbonyl (C=O) groups excluding carboxylic acids is 2. The maximum atomic E-state index is 13.1. The van der Waals surface area contributed by atoms with Gasteiger partial charge in [0.1, 0.15) is 5.84 Å². The minimum Gasteiger partial charge on any atom is -0.368 e. The number of hydrogen-bond donors (Lipinski definition) is 4. The number of amides is 2. The van der Waals surface area contributed by atoms with E-state index >= 15 is 0 Å². The second-order valence-electron chi connectivity index (χ2n) is 9.03. The smallest absolute Gasteiger partial charge is 0.288 e. The predicted octanol–water partition coefficient (Wildman–Crippen LogP) is 2.67. The van der Waals surface area contributed by atoms with Crippen LogP contribution in [0.3, 0.4) is 0 Å². The van der Waals surface area contributed by atoms with Gasteiger partial charge < -0.3 is 20.6 Å².